The Hall–Kier alpha value is -0.870. The van der Waals surface area contributed by atoms with Crippen molar-refractivity contribution in [3.05, 3.63) is 12.2 Å². The summed E-state index contributed by atoms with van der Waals surface area (Å²) >= 11 is 0. The molecule has 1 heterocycles. The molecule has 0 unspecified atom stereocenters. The van der Waals surface area contributed by atoms with E-state index in [0.29, 0.717) is 25.7 Å². The van der Waals surface area contributed by atoms with E-state index in [1.165, 1.54) is 0 Å². The van der Waals surface area contributed by atoms with Gasteiger partial charge in [-0.2, -0.15) is 0 Å². The van der Waals surface area contributed by atoms with Crippen LogP contribution >= 0.6 is 0 Å². The minimum absolute atomic E-state index is 0.182. The number of ether oxygens (including phenoxy) is 1. The standard InChI is InChI=1S/C14H26N2O2/c1-6-15(7-11(2)3)14(17)9-16-8-13(5)18-10-12(16)4/h12-13H,2,6-10H2,1,3-5H3/t12-,13-/m1/s1. The molecule has 1 fully saturated rings. The minimum Gasteiger partial charge on any atom is -0.376 e. The van der Waals surface area contributed by atoms with E-state index in [0.717, 1.165) is 18.7 Å². The molecule has 1 rings (SSSR count). The monoisotopic (exact) mass is 254 g/mol. The first-order valence-corrected chi connectivity index (χ1v) is 6.71. The SMILES string of the molecule is C=C(C)CN(CC)C(=O)CN1C[C@@H](C)OC[C@H]1C. The molecular weight excluding hydrogens is 228 g/mol. The number of likely N-dealkylation sites (N-methyl/N-ethyl adjacent to an activating group) is 1. The van der Waals surface area contributed by atoms with Gasteiger partial charge in [-0.1, -0.05) is 12.2 Å². The van der Waals surface area contributed by atoms with Crippen LogP contribution in [0.3, 0.4) is 0 Å². The van der Waals surface area contributed by atoms with Crippen LogP contribution in [0.4, 0.5) is 0 Å². The van der Waals surface area contributed by atoms with E-state index < -0.39 is 0 Å². The fraction of sp³-hybridized carbons (Fsp3) is 0.786. The molecule has 0 radical (unpaired) electrons. The Labute approximate surface area is 111 Å². The van der Waals surface area contributed by atoms with E-state index in [1.54, 1.807) is 0 Å². The molecule has 0 aromatic carbocycles. The van der Waals surface area contributed by atoms with E-state index in [1.807, 2.05) is 18.7 Å². The van der Waals surface area contributed by atoms with Crippen LogP contribution in [0.2, 0.25) is 0 Å². The first kappa shape index (κ1) is 15.2. The van der Waals surface area contributed by atoms with Gasteiger partial charge in [0.2, 0.25) is 5.91 Å². The summed E-state index contributed by atoms with van der Waals surface area (Å²) in [6, 6.07) is 0.314. The fourth-order valence-corrected chi connectivity index (χ4v) is 2.17. The number of hydrogen-bond acceptors (Lipinski definition) is 3. The van der Waals surface area contributed by atoms with Gasteiger partial charge in [0.25, 0.3) is 0 Å². The second-order valence-electron chi connectivity index (χ2n) is 5.29. The summed E-state index contributed by atoms with van der Waals surface area (Å²) in [5, 5.41) is 0. The third-order valence-corrected chi connectivity index (χ3v) is 3.27. The van der Waals surface area contributed by atoms with E-state index in [9.17, 15) is 4.79 Å². The van der Waals surface area contributed by atoms with Crippen LogP contribution in [0.5, 0.6) is 0 Å². The number of carbonyl (C=O) groups is 1. The number of rotatable bonds is 5. The van der Waals surface area contributed by atoms with Gasteiger partial charge in [-0.05, 0) is 27.7 Å². The smallest absolute Gasteiger partial charge is 0.237 e. The highest BCUT2D eigenvalue weighted by molar-refractivity contribution is 5.78. The van der Waals surface area contributed by atoms with Crippen LogP contribution in [0.1, 0.15) is 27.7 Å². The molecule has 1 aliphatic heterocycles. The third-order valence-electron chi connectivity index (χ3n) is 3.27. The maximum atomic E-state index is 12.2. The molecule has 0 aromatic heterocycles. The van der Waals surface area contributed by atoms with Crippen molar-refractivity contribution < 1.29 is 9.53 Å². The molecule has 0 aromatic rings. The van der Waals surface area contributed by atoms with Crippen LogP contribution in [-0.2, 0) is 9.53 Å². The van der Waals surface area contributed by atoms with Gasteiger partial charge in [-0.15, -0.1) is 0 Å². The van der Waals surface area contributed by atoms with Gasteiger partial charge in [-0.3, -0.25) is 9.69 Å². The predicted octanol–water partition coefficient (Wildman–Crippen LogP) is 1.52. The molecule has 1 saturated heterocycles. The summed E-state index contributed by atoms with van der Waals surface area (Å²) in [5.74, 6) is 0.182. The van der Waals surface area contributed by atoms with Gasteiger partial charge in [0.15, 0.2) is 0 Å². The molecule has 0 bridgehead atoms. The molecule has 1 amide bonds. The molecular formula is C14H26N2O2. The summed E-state index contributed by atoms with van der Waals surface area (Å²) < 4.78 is 5.57. The average molecular weight is 254 g/mol. The van der Waals surface area contributed by atoms with Crippen molar-refractivity contribution in [3.63, 3.8) is 0 Å². The van der Waals surface area contributed by atoms with Gasteiger partial charge in [0.1, 0.15) is 0 Å². The zero-order valence-electron chi connectivity index (χ0n) is 12.1. The van der Waals surface area contributed by atoms with E-state index >= 15 is 0 Å². The highest BCUT2D eigenvalue weighted by Gasteiger charge is 2.26. The molecule has 0 aliphatic carbocycles. The molecule has 0 N–H and O–H groups in total. The van der Waals surface area contributed by atoms with Gasteiger partial charge < -0.3 is 9.64 Å². The molecule has 4 heteroatoms. The Morgan fingerprint density at radius 1 is 1.50 bits per heavy atom. The van der Waals surface area contributed by atoms with Crippen molar-refractivity contribution in [2.24, 2.45) is 0 Å². The molecule has 1 aliphatic rings. The number of hydrogen-bond donors (Lipinski definition) is 0. The molecule has 4 nitrogen and oxygen atoms in total. The second kappa shape index (κ2) is 6.90. The summed E-state index contributed by atoms with van der Waals surface area (Å²) in [6.45, 7) is 15.4. The lowest BCUT2D eigenvalue weighted by Crippen LogP contribution is -2.51. The molecule has 0 spiro atoms. The maximum absolute atomic E-state index is 12.2. The van der Waals surface area contributed by atoms with Crippen LogP contribution in [-0.4, -0.2) is 60.6 Å². The number of morpholine rings is 1. The largest absolute Gasteiger partial charge is 0.376 e. The molecule has 18 heavy (non-hydrogen) atoms. The van der Waals surface area contributed by atoms with Crippen LogP contribution in [0.25, 0.3) is 0 Å². The Bertz CT molecular complexity index is 304. The van der Waals surface area contributed by atoms with E-state index in [-0.39, 0.29) is 12.0 Å². The lowest BCUT2D eigenvalue weighted by Gasteiger charge is -2.37. The van der Waals surface area contributed by atoms with Crippen molar-refractivity contribution in [1.29, 1.82) is 0 Å². The van der Waals surface area contributed by atoms with Gasteiger partial charge in [0, 0.05) is 25.7 Å². The second-order valence-corrected chi connectivity index (χ2v) is 5.29. The van der Waals surface area contributed by atoms with Gasteiger partial charge in [0.05, 0.1) is 19.3 Å². The van der Waals surface area contributed by atoms with Crippen molar-refractivity contribution in [3.8, 4) is 0 Å². The predicted molar refractivity (Wildman–Crippen MR) is 73.5 cm³/mol. The Balaban J connectivity index is 2.53. The highest BCUT2D eigenvalue weighted by atomic mass is 16.5. The summed E-state index contributed by atoms with van der Waals surface area (Å²) in [6.07, 6.45) is 0.213. The first-order chi connectivity index (χ1) is 8.43. The number of carbonyl (C=O) groups excluding carboxylic acids is 1. The van der Waals surface area contributed by atoms with Crippen molar-refractivity contribution in [1.82, 2.24) is 9.80 Å². The Kier molecular flexibility index (Phi) is 5.82. The molecule has 0 saturated carbocycles. The Morgan fingerprint density at radius 2 is 2.17 bits per heavy atom. The van der Waals surface area contributed by atoms with Crippen LogP contribution in [0, 0.1) is 0 Å². The topological polar surface area (TPSA) is 32.8 Å². The third kappa shape index (κ3) is 4.42. The van der Waals surface area contributed by atoms with Crippen LogP contribution in [0.15, 0.2) is 12.2 Å². The molecule has 2 atom stereocenters. The fourth-order valence-electron chi connectivity index (χ4n) is 2.17. The van der Waals surface area contributed by atoms with Gasteiger partial charge >= 0.3 is 0 Å². The van der Waals surface area contributed by atoms with Crippen molar-refractivity contribution >= 4 is 5.91 Å². The Morgan fingerprint density at radius 3 is 2.72 bits per heavy atom. The molecule has 104 valence electrons. The van der Waals surface area contributed by atoms with Crippen molar-refractivity contribution in [2.75, 3.05) is 32.8 Å². The van der Waals surface area contributed by atoms with Crippen molar-refractivity contribution in [2.45, 2.75) is 39.8 Å². The zero-order chi connectivity index (χ0) is 13.7. The summed E-state index contributed by atoms with van der Waals surface area (Å²) in [4.78, 5) is 16.3. The summed E-state index contributed by atoms with van der Waals surface area (Å²) in [5.41, 5.74) is 1.02. The quantitative estimate of drug-likeness (QED) is 0.697. The number of nitrogens with zero attached hydrogens (tertiary/aromatic N) is 2. The highest BCUT2D eigenvalue weighted by Crippen LogP contribution is 2.11. The average Bonchev–Trinajstić information content (AvgIpc) is 2.30. The lowest BCUT2D eigenvalue weighted by molar-refractivity contribution is -0.135. The first-order valence-electron chi connectivity index (χ1n) is 6.71. The van der Waals surface area contributed by atoms with E-state index in [2.05, 4.69) is 25.3 Å². The lowest BCUT2D eigenvalue weighted by atomic mass is 10.2. The maximum Gasteiger partial charge on any atom is 0.237 e. The van der Waals surface area contributed by atoms with E-state index in [4.69, 9.17) is 4.74 Å². The zero-order valence-corrected chi connectivity index (χ0v) is 12.1. The van der Waals surface area contributed by atoms with Crippen LogP contribution < -0.4 is 0 Å². The summed E-state index contributed by atoms with van der Waals surface area (Å²) in [7, 11) is 0. The normalized spacial score (nSPS) is 24.9. The van der Waals surface area contributed by atoms with Gasteiger partial charge in [-0.25, -0.2) is 0 Å². The minimum atomic E-state index is 0.182. The number of amides is 1.